The van der Waals surface area contributed by atoms with Crippen molar-refractivity contribution in [3.8, 4) is 5.75 Å². The molecule has 0 saturated carbocycles. The number of sulfonamides is 1. The van der Waals surface area contributed by atoms with Crippen molar-refractivity contribution in [3.63, 3.8) is 0 Å². The number of hydrogen-bond acceptors (Lipinski definition) is 5. The minimum atomic E-state index is -4.12. The first kappa shape index (κ1) is 19.2. The summed E-state index contributed by atoms with van der Waals surface area (Å²) in [6.45, 7) is 0. The van der Waals surface area contributed by atoms with Gasteiger partial charge in [0.25, 0.3) is 10.0 Å². The normalized spacial score (nSPS) is 17.0. The Balaban J connectivity index is 1.86. The minimum Gasteiger partial charge on any atom is -0.495 e. The van der Waals surface area contributed by atoms with Crippen LogP contribution < -0.4 is 10.1 Å². The largest absolute Gasteiger partial charge is 0.495 e. The summed E-state index contributed by atoms with van der Waals surface area (Å²) in [7, 11) is -2.65. The molecule has 1 saturated heterocycles. The molecule has 0 bridgehead atoms. The second-order valence-corrected chi connectivity index (χ2v) is 8.12. The molecular weight excluding hydrogens is 392 g/mol. The smallest absolute Gasteiger partial charge is 0.267 e. The standard InChI is InChI=1S/C18H17ClN2O5S/c1-26-16-9-7-12(11-14(16)19)20-18(23)15-8-10-17(22)21(15)27(24,25)13-5-3-2-4-6-13/h2-7,9,11,15H,8,10H2,1H3,(H,20,23)/t15-/m1/s1. The molecule has 142 valence electrons. The average molecular weight is 409 g/mol. The van der Waals surface area contributed by atoms with Gasteiger partial charge in [0.15, 0.2) is 0 Å². The molecule has 3 rings (SSSR count). The van der Waals surface area contributed by atoms with Crippen molar-refractivity contribution in [2.24, 2.45) is 0 Å². The minimum absolute atomic E-state index is 0.0203. The van der Waals surface area contributed by atoms with Crippen molar-refractivity contribution in [2.45, 2.75) is 23.8 Å². The van der Waals surface area contributed by atoms with Crippen LogP contribution in [0.5, 0.6) is 5.75 Å². The quantitative estimate of drug-likeness (QED) is 0.821. The number of amides is 2. The van der Waals surface area contributed by atoms with Crippen molar-refractivity contribution in [1.29, 1.82) is 0 Å². The van der Waals surface area contributed by atoms with Crippen molar-refractivity contribution in [3.05, 3.63) is 53.6 Å². The molecule has 1 aliphatic heterocycles. The number of methoxy groups -OCH3 is 1. The van der Waals surface area contributed by atoms with Crippen LogP contribution in [-0.4, -0.2) is 37.7 Å². The first-order valence-corrected chi connectivity index (χ1v) is 9.93. The molecule has 1 atom stereocenters. The van der Waals surface area contributed by atoms with E-state index >= 15 is 0 Å². The fraction of sp³-hybridized carbons (Fsp3) is 0.222. The Hall–Kier alpha value is -2.58. The summed E-state index contributed by atoms with van der Waals surface area (Å²) >= 11 is 6.04. The van der Waals surface area contributed by atoms with Crippen molar-refractivity contribution in [1.82, 2.24) is 4.31 Å². The molecule has 0 aromatic heterocycles. The molecule has 9 heteroatoms. The second-order valence-electron chi connectivity index (χ2n) is 5.90. The lowest BCUT2D eigenvalue weighted by Crippen LogP contribution is -2.45. The molecule has 1 N–H and O–H groups in total. The van der Waals surface area contributed by atoms with Crippen LogP contribution in [0.25, 0.3) is 0 Å². The van der Waals surface area contributed by atoms with Crippen LogP contribution in [0.3, 0.4) is 0 Å². The van der Waals surface area contributed by atoms with Crippen LogP contribution >= 0.6 is 11.6 Å². The van der Waals surface area contributed by atoms with E-state index in [0.29, 0.717) is 20.8 Å². The molecule has 2 aromatic rings. The first-order valence-electron chi connectivity index (χ1n) is 8.11. The van der Waals surface area contributed by atoms with Crippen molar-refractivity contribution in [2.75, 3.05) is 12.4 Å². The molecule has 1 aliphatic rings. The van der Waals surface area contributed by atoms with Gasteiger partial charge in [0.1, 0.15) is 11.8 Å². The molecule has 0 aliphatic carbocycles. The summed E-state index contributed by atoms with van der Waals surface area (Å²) in [4.78, 5) is 24.9. The van der Waals surface area contributed by atoms with E-state index in [9.17, 15) is 18.0 Å². The van der Waals surface area contributed by atoms with Crippen LogP contribution in [0.15, 0.2) is 53.4 Å². The number of benzene rings is 2. The van der Waals surface area contributed by atoms with E-state index in [-0.39, 0.29) is 17.7 Å². The van der Waals surface area contributed by atoms with E-state index in [0.717, 1.165) is 0 Å². The number of carbonyl (C=O) groups is 2. The number of anilines is 1. The Labute approximate surface area is 161 Å². The molecular formula is C18H17ClN2O5S. The van der Waals surface area contributed by atoms with Crippen LogP contribution in [0.2, 0.25) is 5.02 Å². The second kappa shape index (κ2) is 7.58. The van der Waals surface area contributed by atoms with Crippen LogP contribution in [0.1, 0.15) is 12.8 Å². The highest BCUT2D eigenvalue weighted by Gasteiger charge is 2.44. The Kier molecular flexibility index (Phi) is 5.38. The third-order valence-electron chi connectivity index (χ3n) is 4.18. The van der Waals surface area contributed by atoms with E-state index in [1.54, 1.807) is 30.3 Å². The van der Waals surface area contributed by atoms with Crippen molar-refractivity contribution < 1.29 is 22.7 Å². The Bertz CT molecular complexity index is 979. The zero-order valence-corrected chi connectivity index (χ0v) is 16.0. The van der Waals surface area contributed by atoms with E-state index in [1.165, 1.54) is 25.3 Å². The molecule has 1 heterocycles. The number of ether oxygens (including phenoxy) is 1. The first-order chi connectivity index (χ1) is 12.8. The van der Waals surface area contributed by atoms with Gasteiger partial charge < -0.3 is 10.1 Å². The maximum absolute atomic E-state index is 12.8. The number of nitrogens with one attached hydrogen (secondary N) is 1. The molecule has 0 radical (unpaired) electrons. The zero-order chi connectivity index (χ0) is 19.6. The third kappa shape index (κ3) is 3.77. The zero-order valence-electron chi connectivity index (χ0n) is 14.4. The average Bonchev–Trinajstić information content (AvgIpc) is 3.05. The summed E-state index contributed by atoms with van der Waals surface area (Å²) in [6.07, 6.45) is 0.0914. The molecule has 27 heavy (non-hydrogen) atoms. The molecule has 2 aromatic carbocycles. The third-order valence-corrected chi connectivity index (χ3v) is 6.32. The summed E-state index contributed by atoms with van der Waals surface area (Å²) in [5, 5.41) is 2.91. The van der Waals surface area contributed by atoms with Gasteiger partial charge in [-0.2, -0.15) is 0 Å². The number of carbonyl (C=O) groups excluding carboxylic acids is 2. The molecule has 0 unspecified atom stereocenters. The summed E-state index contributed by atoms with van der Waals surface area (Å²) < 4.78 is 31.4. The van der Waals surface area contributed by atoms with Gasteiger partial charge in [0.2, 0.25) is 11.8 Å². The predicted octanol–water partition coefficient (Wildman–Crippen LogP) is 2.67. The lowest BCUT2D eigenvalue weighted by Gasteiger charge is -2.23. The van der Waals surface area contributed by atoms with Crippen LogP contribution in [-0.2, 0) is 19.6 Å². The van der Waals surface area contributed by atoms with Gasteiger partial charge in [0, 0.05) is 12.1 Å². The lowest BCUT2D eigenvalue weighted by molar-refractivity contribution is -0.128. The number of nitrogens with zero attached hydrogens (tertiary/aromatic N) is 1. The number of rotatable bonds is 5. The predicted molar refractivity (Wildman–Crippen MR) is 100 cm³/mol. The van der Waals surface area contributed by atoms with Gasteiger partial charge in [-0.05, 0) is 36.8 Å². The Morgan fingerprint density at radius 3 is 2.56 bits per heavy atom. The van der Waals surface area contributed by atoms with E-state index in [1.807, 2.05) is 0 Å². The van der Waals surface area contributed by atoms with Gasteiger partial charge in [-0.15, -0.1) is 0 Å². The summed E-state index contributed by atoms with van der Waals surface area (Å²) in [5.74, 6) is -0.757. The highest BCUT2D eigenvalue weighted by molar-refractivity contribution is 7.89. The lowest BCUT2D eigenvalue weighted by atomic mass is 10.2. The highest BCUT2D eigenvalue weighted by Crippen LogP contribution is 2.30. The van der Waals surface area contributed by atoms with Crippen LogP contribution in [0, 0.1) is 0 Å². The molecule has 7 nitrogen and oxygen atoms in total. The maximum Gasteiger partial charge on any atom is 0.267 e. The number of hydrogen-bond donors (Lipinski definition) is 1. The van der Waals surface area contributed by atoms with Gasteiger partial charge >= 0.3 is 0 Å². The summed E-state index contributed by atoms with van der Waals surface area (Å²) in [5.41, 5.74) is 0.377. The van der Waals surface area contributed by atoms with Gasteiger partial charge in [0.05, 0.1) is 17.0 Å². The Morgan fingerprint density at radius 2 is 1.93 bits per heavy atom. The molecule has 2 amide bonds. The molecule has 0 spiro atoms. The summed E-state index contributed by atoms with van der Waals surface area (Å²) in [6, 6.07) is 11.1. The fourth-order valence-electron chi connectivity index (χ4n) is 2.88. The van der Waals surface area contributed by atoms with Crippen molar-refractivity contribution >= 4 is 39.1 Å². The monoisotopic (exact) mass is 408 g/mol. The SMILES string of the molecule is COc1ccc(NC(=O)[C@H]2CCC(=O)N2S(=O)(=O)c2ccccc2)cc1Cl. The van der Waals surface area contributed by atoms with E-state index < -0.39 is 27.9 Å². The highest BCUT2D eigenvalue weighted by atomic mass is 35.5. The van der Waals surface area contributed by atoms with E-state index in [4.69, 9.17) is 16.3 Å². The maximum atomic E-state index is 12.8. The van der Waals surface area contributed by atoms with E-state index in [2.05, 4.69) is 5.32 Å². The van der Waals surface area contributed by atoms with Crippen LogP contribution in [0.4, 0.5) is 5.69 Å². The van der Waals surface area contributed by atoms with Gasteiger partial charge in [-0.1, -0.05) is 29.8 Å². The van der Waals surface area contributed by atoms with Gasteiger partial charge in [-0.25, -0.2) is 12.7 Å². The fourth-order valence-corrected chi connectivity index (χ4v) is 4.76. The number of halogens is 1. The molecule has 1 fully saturated rings. The topological polar surface area (TPSA) is 92.8 Å². The van der Waals surface area contributed by atoms with Gasteiger partial charge in [-0.3, -0.25) is 9.59 Å². The Morgan fingerprint density at radius 1 is 1.22 bits per heavy atom.